The van der Waals surface area contributed by atoms with E-state index in [1.165, 1.54) is 4.88 Å². The molecule has 0 unspecified atom stereocenters. The zero-order chi connectivity index (χ0) is 8.97. The number of carbonyl (C=O) groups is 1. The topological polar surface area (TPSA) is 37.3 Å². The quantitative estimate of drug-likeness (QED) is 0.670. The Balaban J connectivity index is 2.60. The molecule has 0 aliphatic rings. The fraction of sp³-hybridized carbons (Fsp3) is 0.222. The van der Waals surface area contributed by atoms with Gasteiger partial charge in [0.15, 0.2) is 0 Å². The highest BCUT2D eigenvalue weighted by Gasteiger charge is 1.91. The van der Waals surface area contributed by atoms with Crippen molar-refractivity contribution in [3.8, 4) is 11.8 Å². The molecule has 62 valence electrons. The van der Waals surface area contributed by atoms with Crippen LogP contribution in [0.1, 0.15) is 16.2 Å². The van der Waals surface area contributed by atoms with E-state index in [2.05, 4.69) is 11.8 Å². The summed E-state index contributed by atoms with van der Waals surface area (Å²) in [4.78, 5) is 12.2. The molecular formula is C9H8O2S. The second-order valence-corrected chi connectivity index (χ2v) is 3.57. The SMILES string of the molecule is Cc1ccc(C#CCC(=O)O)s1. The van der Waals surface area contributed by atoms with Crippen LogP contribution in [-0.2, 0) is 4.79 Å². The average molecular weight is 180 g/mol. The van der Waals surface area contributed by atoms with Crippen LogP contribution in [0.5, 0.6) is 0 Å². The van der Waals surface area contributed by atoms with Crippen LogP contribution in [0.15, 0.2) is 12.1 Å². The number of carboxylic acid groups (broad SMARTS) is 1. The molecule has 2 nitrogen and oxygen atoms in total. The van der Waals surface area contributed by atoms with Crippen molar-refractivity contribution in [1.29, 1.82) is 0 Å². The van der Waals surface area contributed by atoms with Crippen LogP contribution >= 0.6 is 11.3 Å². The summed E-state index contributed by atoms with van der Waals surface area (Å²) in [5.74, 6) is 4.48. The lowest BCUT2D eigenvalue weighted by molar-refractivity contribution is -0.135. The summed E-state index contributed by atoms with van der Waals surface area (Å²) in [5.41, 5.74) is 0. The van der Waals surface area contributed by atoms with Gasteiger partial charge in [-0.15, -0.1) is 11.3 Å². The van der Waals surface area contributed by atoms with Crippen molar-refractivity contribution in [2.75, 3.05) is 0 Å². The van der Waals surface area contributed by atoms with E-state index in [1.54, 1.807) is 11.3 Å². The third kappa shape index (κ3) is 2.77. The molecule has 1 N–H and O–H groups in total. The highest BCUT2D eigenvalue weighted by molar-refractivity contribution is 7.12. The highest BCUT2D eigenvalue weighted by Crippen LogP contribution is 2.12. The molecule has 0 radical (unpaired) electrons. The summed E-state index contributed by atoms with van der Waals surface area (Å²) < 4.78 is 0. The van der Waals surface area contributed by atoms with E-state index in [1.807, 2.05) is 19.1 Å². The molecule has 0 bridgehead atoms. The second-order valence-electron chi connectivity index (χ2n) is 2.28. The van der Waals surface area contributed by atoms with Crippen LogP contribution in [0.25, 0.3) is 0 Å². The van der Waals surface area contributed by atoms with Gasteiger partial charge < -0.3 is 5.11 Å². The van der Waals surface area contributed by atoms with Gasteiger partial charge in [0.2, 0.25) is 0 Å². The largest absolute Gasteiger partial charge is 0.481 e. The Morgan fingerprint density at radius 2 is 2.42 bits per heavy atom. The number of thiophene rings is 1. The molecule has 0 amide bonds. The van der Waals surface area contributed by atoms with E-state index < -0.39 is 5.97 Å². The van der Waals surface area contributed by atoms with Crippen molar-refractivity contribution in [3.63, 3.8) is 0 Å². The monoisotopic (exact) mass is 180 g/mol. The summed E-state index contributed by atoms with van der Waals surface area (Å²) >= 11 is 1.57. The van der Waals surface area contributed by atoms with Crippen LogP contribution in [0.3, 0.4) is 0 Å². The van der Waals surface area contributed by atoms with Crippen LogP contribution in [-0.4, -0.2) is 11.1 Å². The predicted octanol–water partition coefficient (Wildman–Crippen LogP) is 1.88. The molecule has 0 aliphatic carbocycles. The Kier molecular flexibility index (Phi) is 2.89. The minimum atomic E-state index is -0.879. The molecule has 1 rings (SSSR count). The Bertz CT molecular complexity index is 341. The maximum Gasteiger partial charge on any atom is 0.315 e. The molecule has 0 aromatic carbocycles. The maximum atomic E-state index is 10.1. The standard InChI is InChI=1S/C9H8O2S/c1-7-5-6-8(12-7)3-2-4-9(10)11/h5-6H,4H2,1H3,(H,10,11). The van der Waals surface area contributed by atoms with E-state index in [9.17, 15) is 4.79 Å². The molecule has 0 spiro atoms. The first-order valence-corrected chi connectivity index (χ1v) is 4.27. The molecule has 0 fully saturated rings. The fourth-order valence-electron chi connectivity index (χ4n) is 0.709. The molecule has 3 heteroatoms. The first kappa shape index (κ1) is 8.82. The van der Waals surface area contributed by atoms with E-state index in [4.69, 9.17) is 5.11 Å². The predicted molar refractivity (Wildman–Crippen MR) is 48.2 cm³/mol. The first-order valence-electron chi connectivity index (χ1n) is 3.45. The van der Waals surface area contributed by atoms with Gasteiger partial charge in [-0.05, 0) is 19.1 Å². The van der Waals surface area contributed by atoms with E-state index >= 15 is 0 Å². The van der Waals surface area contributed by atoms with Gasteiger partial charge in [-0.25, -0.2) is 0 Å². The summed E-state index contributed by atoms with van der Waals surface area (Å²) in [6.45, 7) is 1.99. The van der Waals surface area contributed by atoms with Gasteiger partial charge in [-0.1, -0.05) is 11.8 Å². The van der Waals surface area contributed by atoms with Crippen molar-refractivity contribution in [3.05, 3.63) is 21.9 Å². The minimum Gasteiger partial charge on any atom is -0.481 e. The van der Waals surface area contributed by atoms with Crippen LogP contribution < -0.4 is 0 Å². The Morgan fingerprint density at radius 3 is 2.92 bits per heavy atom. The Morgan fingerprint density at radius 1 is 1.67 bits per heavy atom. The molecule has 1 aromatic rings. The number of aliphatic carboxylic acids is 1. The number of hydrogen-bond donors (Lipinski definition) is 1. The summed E-state index contributed by atoms with van der Waals surface area (Å²) in [7, 11) is 0. The lowest BCUT2D eigenvalue weighted by Gasteiger charge is -1.78. The van der Waals surface area contributed by atoms with E-state index in [-0.39, 0.29) is 6.42 Å². The van der Waals surface area contributed by atoms with Gasteiger partial charge in [0, 0.05) is 4.88 Å². The van der Waals surface area contributed by atoms with Crippen molar-refractivity contribution in [1.82, 2.24) is 0 Å². The van der Waals surface area contributed by atoms with Gasteiger partial charge in [-0.2, -0.15) is 0 Å². The third-order valence-electron chi connectivity index (χ3n) is 1.19. The van der Waals surface area contributed by atoms with Crippen molar-refractivity contribution in [2.24, 2.45) is 0 Å². The zero-order valence-corrected chi connectivity index (χ0v) is 7.44. The number of hydrogen-bond acceptors (Lipinski definition) is 2. The highest BCUT2D eigenvalue weighted by atomic mass is 32.1. The van der Waals surface area contributed by atoms with Gasteiger partial charge in [-0.3, -0.25) is 4.79 Å². The van der Waals surface area contributed by atoms with Crippen LogP contribution in [0.4, 0.5) is 0 Å². The molecule has 0 saturated carbocycles. The van der Waals surface area contributed by atoms with Crippen molar-refractivity contribution < 1.29 is 9.90 Å². The van der Waals surface area contributed by atoms with Crippen LogP contribution in [0, 0.1) is 18.8 Å². The average Bonchev–Trinajstić information content (AvgIpc) is 2.35. The molecule has 12 heavy (non-hydrogen) atoms. The Hall–Kier alpha value is -1.27. The van der Waals surface area contributed by atoms with Crippen molar-refractivity contribution in [2.45, 2.75) is 13.3 Å². The Labute approximate surface area is 74.9 Å². The van der Waals surface area contributed by atoms with Gasteiger partial charge >= 0.3 is 5.97 Å². The minimum absolute atomic E-state index is 0.0864. The lowest BCUT2D eigenvalue weighted by Crippen LogP contribution is -1.89. The molecule has 1 heterocycles. The number of aryl methyl sites for hydroxylation is 1. The smallest absolute Gasteiger partial charge is 0.315 e. The second kappa shape index (κ2) is 3.93. The van der Waals surface area contributed by atoms with Gasteiger partial charge in [0.05, 0.1) is 4.88 Å². The summed E-state index contributed by atoms with van der Waals surface area (Å²) in [6.07, 6.45) is -0.0864. The van der Waals surface area contributed by atoms with Crippen molar-refractivity contribution >= 4 is 17.3 Å². The lowest BCUT2D eigenvalue weighted by atomic mass is 10.4. The van der Waals surface area contributed by atoms with E-state index in [0.717, 1.165) is 4.88 Å². The fourth-order valence-corrected chi connectivity index (χ4v) is 1.45. The molecule has 0 aliphatic heterocycles. The number of carboxylic acids is 1. The summed E-state index contributed by atoms with van der Waals surface area (Å²) in [5, 5.41) is 8.30. The van der Waals surface area contributed by atoms with Gasteiger partial charge in [0.1, 0.15) is 6.42 Å². The molecular weight excluding hydrogens is 172 g/mol. The van der Waals surface area contributed by atoms with Gasteiger partial charge in [0.25, 0.3) is 0 Å². The normalized spacial score (nSPS) is 8.75. The van der Waals surface area contributed by atoms with E-state index in [0.29, 0.717) is 0 Å². The molecule has 0 atom stereocenters. The maximum absolute atomic E-state index is 10.1. The number of rotatable bonds is 1. The summed E-state index contributed by atoms with van der Waals surface area (Å²) in [6, 6.07) is 3.87. The molecule has 0 saturated heterocycles. The van der Waals surface area contributed by atoms with Crippen LogP contribution in [0.2, 0.25) is 0 Å². The third-order valence-corrected chi connectivity index (χ3v) is 2.11. The first-order chi connectivity index (χ1) is 5.68. The molecule has 1 aromatic heterocycles. The zero-order valence-electron chi connectivity index (χ0n) is 6.63.